The van der Waals surface area contributed by atoms with Gasteiger partial charge in [0.2, 0.25) is 0 Å². The average Bonchev–Trinajstić information content (AvgIpc) is 1.91. The molecule has 0 bridgehead atoms. The molecule has 1 rings (SSSR count). The van der Waals surface area contributed by atoms with Crippen LogP contribution in [0.1, 0.15) is 19.8 Å². The molecule has 1 radical (unpaired) electrons. The van der Waals surface area contributed by atoms with Gasteiger partial charge in [0, 0.05) is 13.1 Å². The molecule has 9 heavy (non-hydrogen) atoms. The summed E-state index contributed by atoms with van der Waals surface area (Å²) in [4.78, 5) is 2.36. The van der Waals surface area contributed by atoms with Crippen LogP contribution in [0, 0.1) is 6.42 Å². The maximum atomic E-state index is 2.36. The first-order valence-electron chi connectivity index (χ1n) is 3.62. The molecule has 1 saturated heterocycles. The van der Waals surface area contributed by atoms with Crippen LogP contribution in [0.5, 0.6) is 0 Å². The van der Waals surface area contributed by atoms with Gasteiger partial charge in [-0.2, -0.15) is 0 Å². The summed E-state index contributed by atoms with van der Waals surface area (Å²) >= 11 is 0. The molecule has 1 nitrogen and oxygen atoms in total. The fraction of sp³-hybridized carbons (Fsp3) is 0.625. The number of allylic oxidation sites excluding steroid dienone is 1. The average molecular weight is 124 g/mol. The summed E-state index contributed by atoms with van der Waals surface area (Å²) in [6, 6.07) is 0. The second kappa shape index (κ2) is 3.54. The first-order chi connectivity index (χ1) is 4.43. The van der Waals surface area contributed by atoms with Crippen molar-refractivity contribution in [2.24, 2.45) is 0 Å². The van der Waals surface area contributed by atoms with E-state index in [2.05, 4.69) is 30.5 Å². The Morgan fingerprint density at radius 3 is 2.56 bits per heavy atom. The minimum Gasteiger partial charge on any atom is -0.378 e. The third-order valence-corrected chi connectivity index (χ3v) is 1.60. The lowest BCUT2D eigenvalue weighted by atomic mass is 10.1. The van der Waals surface area contributed by atoms with Crippen LogP contribution in [0.15, 0.2) is 12.3 Å². The first-order valence-corrected chi connectivity index (χ1v) is 3.62. The Bertz CT molecular complexity index is 90.7. The third kappa shape index (κ3) is 2.08. The van der Waals surface area contributed by atoms with Gasteiger partial charge in [-0.1, -0.05) is 6.08 Å². The van der Waals surface area contributed by atoms with Crippen LogP contribution in [0.2, 0.25) is 0 Å². The molecule has 0 aromatic rings. The molecule has 1 aliphatic rings. The second-order valence-electron chi connectivity index (χ2n) is 2.38. The Hall–Kier alpha value is -0.460. The predicted molar refractivity (Wildman–Crippen MR) is 39.9 cm³/mol. The second-order valence-corrected chi connectivity index (χ2v) is 2.38. The maximum absolute atomic E-state index is 2.36. The van der Waals surface area contributed by atoms with Crippen LogP contribution < -0.4 is 0 Å². The van der Waals surface area contributed by atoms with Crippen LogP contribution in [0.4, 0.5) is 0 Å². The molecule has 1 aliphatic heterocycles. The van der Waals surface area contributed by atoms with E-state index in [1.54, 1.807) is 0 Å². The molecule has 0 amide bonds. The number of rotatable bonds is 1. The summed E-state index contributed by atoms with van der Waals surface area (Å²) in [7, 11) is 0. The zero-order valence-corrected chi connectivity index (χ0v) is 6.01. The Kier molecular flexibility index (Phi) is 2.62. The molecule has 1 fully saturated rings. The number of hydrogen-bond donors (Lipinski definition) is 0. The molecular weight excluding hydrogens is 110 g/mol. The van der Waals surface area contributed by atoms with Crippen molar-refractivity contribution in [1.82, 2.24) is 4.90 Å². The van der Waals surface area contributed by atoms with Gasteiger partial charge in [0.1, 0.15) is 0 Å². The van der Waals surface area contributed by atoms with Gasteiger partial charge in [-0.25, -0.2) is 0 Å². The fourth-order valence-corrected chi connectivity index (χ4v) is 1.13. The minimum atomic E-state index is 1.21. The number of likely N-dealkylation sites (tertiary alicyclic amines) is 1. The van der Waals surface area contributed by atoms with Crippen molar-refractivity contribution in [1.29, 1.82) is 0 Å². The van der Waals surface area contributed by atoms with Gasteiger partial charge in [-0.3, -0.25) is 0 Å². The fourth-order valence-electron chi connectivity index (χ4n) is 1.13. The van der Waals surface area contributed by atoms with E-state index < -0.39 is 0 Å². The lowest BCUT2D eigenvalue weighted by Crippen LogP contribution is -2.24. The van der Waals surface area contributed by atoms with Crippen molar-refractivity contribution in [3.8, 4) is 0 Å². The standard InChI is InChI=1S/C8H14N/c1-2-6-9-7-4-3-5-8-9/h2-3,6H,4-5,7-8H2,1H3. The first kappa shape index (κ1) is 6.66. The predicted octanol–water partition coefficient (Wildman–Crippen LogP) is 1.82. The molecule has 0 unspecified atom stereocenters. The van der Waals surface area contributed by atoms with E-state index in [9.17, 15) is 0 Å². The van der Waals surface area contributed by atoms with Crippen LogP contribution in [0.3, 0.4) is 0 Å². The van der Waals surface area contributed by atoms with Crippen LogP contribution in [-0.4, -0.2) is 18.0 Å². The topological polar surface area (TPSA) is 3.24 Å². The summed E-state index contributed by atoms with van der Waals surface area (Å²) in [6.07, 6.45) is 9.15. The van der Waals surface area contributed by atoms with E-state index in [1.807, 2.05) is 0 Å². The number of piperidine rings is 1. The van der Waals surface area contributed by atoms with Gasteiger partial charge < -0.3 is 4.90 Å². The van der Waals surface area contributed by atoms with E-state index in [0.29, 0.717) is 0 Å². The highest BCUT2D eigenvalue weighted by molar-refractivity contribution is 4.85. The summed E-state index contributed by atoms with van der Waals surface area (Å²) < 4.78 is 0. The molecule has 1 heteroatoms. The molecule has 0 N–H and O–H groups in total. The normalized spacial score (nSPS) is 21.2. The third-order valence-electron chi connectivity index (χ3n) is 1.60. The molecule has 0 aliphatic carbocycles. The van der Waals surface area contributed by atoms with Gasteiger partial charge in [0.15, 0.2) is 0 Å². The summed E-state index contributed by atoms with van der Waals surface area (Å²) in [5.74, 6) is 0. The minimum absolute atomic E-state index is 1.21. The van der Waals surface area contributed by atoms with Crippen molar-refractivity contribution in [3.63, 3.8) is 0 Å². The molecule has 0 aromatic heterocycles. The van der Waals surface area contributed by atoms with E-state index in [0.717, 1.165) is 0 Å². The highest BCUT2D eigenvalue weighted by Gasteiger charge is 2.03. The van der Waals surface area contributed by atoms with Gasteiger partial charge in [-0.05, 0) is 32.4 Å². The van der Waals surface area contributed by atoms with E-state index in [1.165, 1.54) is 25.9 Å². The molecule has 0 saturated carbocycles. The van der Waals surface area contributed by atoms with Crippen molar-refractivity contribution in [2.75, 3.05) is 13.1 Å². The summed E-state index contributed by atoms with van der Waals surface area (Å²) in [6.45, 7) is 4.49. The van der Waals surface area contributed by atoms with Gasteiger partial charge >= 0.3 is 0 Å². The Balaban J connectivity index is 2.23. The van der Waals surface area contributed by atoms with Crippen molar-refractivity contribution in [2.45, 2.75) is 19.8 Å². The van der Waals surface area contributed by atoms with E-state index in [-0.39, 0.29) is 0 Å². The van der Waals surface area contributed by atoms with Gasteiger partial charge in [0.05, 0.1) is 0 Å². The highest BCUT2D eigenvalue weighted by Crippen LogP contribution is 2.06. The van der Waals surface area contributed by atoms with E-state index >= 15 is 0 Å². The lowest BCUT2D eigenvalue weighted by molar-refractivity contribution is 0.346. The quantitative estimate of drug-likeness (QED) is 0.515. The maximum Gasteiger partial charge on any atom is 0.0175 e. The van der Waals surface area contributed by atoms with Crippen LogP contribution in [0.25, 0.3) is 0 Å². The molecule has 1 heterocycles. The van der Waals surface area contributed by atoms with E-state index in [4.69, 9.17) is 0 Å². The zero-order valence-electron chi connectivity index (χ0n) is 6.01. The smallest absolute Gasteiger partial charge is 0.0175 e. The van der Waals surface area contributed by atoms with Gasteiger partial charge in [-0.15, -0.1) is 0 Å². The lowest BCUT2D eigenvalue weighted by Gasteiger charge is -2.24. The number of hydrogen-bond acceptors (Lipinski definition) is 1. The zero-order chi connectivity index (χ0) is 6.53. The Morgan fingerprint density at radius 2 is 2.00 bits per heavy atom. The summed E-state index contributed by atoms with van der Waals surface area (Å²) in [5, 5.41) is 0. The van der Waals surface area contributed by atoms with Crippen LogP contribution in [-0.2, 0) is 0 Å². The van der Waals surface area contributed by atoms with Gasteiger partial charge in [0.25, 0.3) is 0 Å². The van der Waals surface area contributed by atoms with Crippen LogP contribution >= 0.6 is 0 Å². The molecule has 0 aromatic carbocycles. The molecular formula is C8H14N. The monoisotopic (exact) mass is 124 g/mol. The number of nitrogens with zero attached hydrogens (tertiary/aromatic N) is 1. The summed E-state index contributed by atoms with van der Waals surface area (Å²) in [5.41, 5.74) is 0. The largest absolute Gasteiger partial charge is 0.378 e. The van der Waals surface area contributed by atoms with Crippen molar-refractivity contribution in [3.05, 3.63) is 18.7 Å². The molecule has 0 atom stereocenters. The molecule has 51 valence electrons. The molecule has 0 spiro atoms. The Morgan fingerprint density at radius 1 is 1.33 bits per heavy atom. The van der Waals surface area contributed by atoms with Crippen molar-refractivity contribution >= 4 is 0 Å². The SMILES string of the molecule is CC=CN1CC[CH]CC1. The van der Waals surface area contributed by atoms with Crippen molar-refractivity contribution < 1.29 is 0 Å². The highest BCUT2D eigenvalue weighted by atomic mass is 15.1. The Labute approximate surface area is 57.4 Å².